The highest BCUT2D eigenvalue weighted by Gasteiger charge is 2.38. The molecule has 168 valence electrons. The van der Waals surface area contributed by atoms with Crippen LogP contribution in [0.3, 0.4) is 0 Å². The molecular formula is C27H23N5O2. The smallest absolute Gasteiger partial charge is 0.272 e. The van der Waals surface area contributed by atoms with Gasteiger partial charge >= 0.3 is 0 Å². The lowest BCUT2D eigenvalue weighted by atomic mass is 9.97. The van der Waals surface area contributed by atoms with Crippen LogP contribution in [0.2, 0.25) is 0 Å². The molecule has 0 spiro atoms. The van der Waals surface area contributed by atoms with Gasteiger partial charge in [0.15, 0.2) is 0 Å². The predicted octanol–water partition coefficient (Wildman–Crippen LogP) is 3.53. The summed E-state index contributed by atoms with van der Waals surface area (Å²) >= 11 is 0. The zero-order valence-corrected chi connectivity index (χ0v) is 18.9. The van der Waals surface area contributed by atoms with Crippen LogP contribution >= 0.6 is 0 Å². The first-order chi connectivity index (χ1) is 16.4. The fourth-order valence-electron chi connectivity index (χ4n) is 5.16. The lowest BCUT2D eigenvalue weighted by molar-refractivity contribution is -0.121. The van der Waals surface area contributed by atoms with Crippen LogP contribution in [-0.4, -0.2) is 27.7 Å². The van der Waals surface area contributed by atoms with E-state index in [1.807, 2.05) is 67.6 Å². The van der Waals surface area contributed by atoms with Crippen molar-refractivity contribution in [3.8, 4) is 0 Å². The van der Waals surface area contributed by atoms with Crippen molar-refractivity contribution in [3.05, 3.63) is 99.1 Å². The molecule has 1 aromatic heterocycles. The summed E-state index contributed by atoms with van der Waals surface area (Å²) in [6.45, 7) is 4.15. The molecule has 0 aliphatic carbocycles. The van der Waals surface area contributed by atoms with Crippen molar-refractivity contribution in [2.24, 2.45) is 4.99 Å². The number of hydrogen-bond donors (Lipinski definition) is 1. The molecule has 2 N–H and O–H groups in total. The van der Waals surface area contributed by atoms with Crippen LogP contribution in [0.4, 0.5) is 11.4 Å². The summed E-state index contributed by atoms with van der Waals surface area (Å²) in [5.74, 6) is 0.207. The summed E-state index contributed by atoms with van der Waals surface area (Å²) in [7, 11) is 0. The quantitative estimate of drug-likeness (QED) is 0.474. The fourth-order valence-corrected chi connectivity index (χ4v) is 5.16. The number of carbonyl (C=O) groups is 1. The van der Waals surface area contributed by atoms with E-state index in [0.717, 1.165) is 27.9 Å². The van der Waals surface area contributed by atoms with Crippen molar-refractivity contribution in [3.63, 3.8) is 0 Å². The molecule has 1 amide bonds. The second kappa shape index (κ2) is 7.38. The van der Waals surface area contributed by atoms with Gasteiger partial charge in [-0.1, -0.05) is 42.5 Å². The highest BCUT2D eigenvalue weighted by molar-refractivity contribution is 6.21. The van der Waals surface area contributed by atoms with Crippen LogP contribution in [0, 0.1) is 13.8 Å². The third kappa shape index (κ3) is 2.90. The molecule has 6 rings (SSSR count). The molecule has 0 fully saturated rings. The van der Waals surface area contributed by atoms with Gasteiger partial charge in [-0.3, -0.25) is 14.2 Å². The van der Waals surface area contributed by atoms with Crippen LogP contribution in [-0.2, 0) is 11.2 Å². The van der Waals surface area contributed by atoms with E-state index in [1.54, 1.807) is 11.8 Å². The van der Waals surface area contributed by atoms with Gasteiger partial charge in [-0.25, -0.2) is 9.98 Å². The number of fused-ring (bicyclic) bond motifs is 1. The number of aryl methyl sites for hydroxylation is 2. The number of nitrogens with zero attached hydrogens (tertiary/aromatic N) is 4. The topological polar surface area (TPSA) is 93.6 Å². The highest BCUT2D eigenvalue weighted by atomic mass is 16.2. The van der Waals surface area contributed by atoms with Gasteiger partial charge in [0.25, 0.3) is 11.5 Å². The van der Waals surface area contributed by atoms with Crippen LogP contribution in [0.25, 0.3) is 10.9 Å². The van der Waals surface area contributed by atoms with E-state index >= 15 is 0 Å². The number of benzene rings is 3. The van der Waals surface area contributed by atoms with Crippen LogP contribution in [0.1, 0.15) is 34.2 Å². The van der Waals surface area contributed by atoms with Crippen LogP contribution in [0.15, 0.2) is 70.5 Å². The average Bonchev–Trinajstić information content (AvgIpc) is 3.19. The summed E-state index contributed by atoms with van der Waals surface area (Å²) in [5, 5.41) is 0.505. The van der Waals surface area contributed by atoms with Gasteiger partial charge in [-0.05, 0) is 49.6 Å². The molecule has 3 aromatic carbocycles. The number of hydrogen-bond acceptors (Lipinski definition) is 5. The Hall–Kier alpha value is -4.26. The minimum Gasteiger partial charge on any atom is -0.399 e. The molecule has 7 nitrogen and oxygen atoms in total. The van der Waals surface area contributed by atoms with E-state index in [-0.39, 0.29) is 11.5 Å². The highest BCUT2D eigenvalue weighted by Crippen LogP contribution is 2.39. The summed E-state index contributed by atoms with van der Waals surface area (Å²) < 4.78 is 1.44. The number of aliphatic imine (C=N–C) groups is 1. The van der Waals surface area contributed by atoms with Gasteiger partial charge in [-0.15, -0.1) is 0 Å². The molecule has 2 aliphatic heterocycles. The van der Waals surface area contributed by atoms with E-state index in [2.05, 4.69) is 4.98 Å². The Balaban J connectivity index is 1.68. The number of carbonyl (C=O) groups excluding carboxylic acids is 1. The summed E-state index contributed by atoms with van der Waals surface area (Å²) in [6.07, 6.45) is -0.365. The van der Waals surface area contributed by atoms with Crippen molar-refractivity contribution >= 4 is 33.9 Å². The molecule has 2 aliphatic rings. The number of anilines is 2. The minimum absolute atomic E-state index is 0.240. The Bertz CT molecular complexity index is 1590. The minimum atomic E-state index is -1.07. The Morgan fingerprint density at radius 1 is 1.00 bits per heavy atom. The maximum absolute atomic E-state index is 14.0. The average molecular weight is 450 g/mol. The van der Waals surface area contributed by atoms with Gasteiger partial charge < -0.3 is 10.6 Å². The Morgan fingerprint density at radius 3 is 2.59 bits per heavy atom. The Kier molecular flexibility index (Phi) is 4.42. The largest absolute Gasteiger partial charge is 0.399 e. The second-order valence-corrected chi connectivity index (χ2v) is 8.84. The fraction of sp³-hybridized carbons (Fsp3) is 0.185. The lowest BCUT2D eigenvalue weighted by Gasteiger charge is -2.23. The van der Waals surface area contributed by atoms with Gasteiger partial charge in [0.1, 0.15) is 5.82 Å². The maximum Gasteiger partial charge on any atom is 0.272 e. The lowest BCUT2D eigenvalue weighted by Crippen LogP contribution is -2.39. The number of rotatable bonds is 2. The molecule has 1 unspecified atom stereocenters. The molecule has 0 saturated carbocycles. The molecule has 3 heterocycles. The molecule has 0 bridgehead atoms. The van der Waals surface area contributed by atoms with Gasteiger partial charge in [0.05, 0.1) is 22.3 Å². The number of nitrogen functional groups attached to an aromatic ring is 1. The summed E-state index contributed by atoms with van der Waals surface area (Å²) in [5.41, 5.74) is 12.2. The zero-order chi connectivity index (χ0) is 23.6. The van der Waals surface area contributed by atoms with E-state index in [4.69, 9.17) is 10.7 Å². The third-order valence-electron chi connectivity index (χ3n) is 6.69. The van der Waals surface area contributed by atoms with Crippen molar-refractivity contribution in [1.29, 1.82) is 0 Å². The molecular weight excluding hydrogens is 426 g/mol. The normalized spacial score (nSPS) is 17.0. The molecule has 1 atom stereocenters. The Labute approximate surface area is 196 Å². The summed E-state index contributed by atoms with van der Waals surface area (Å²) in [6, 6.07) is 19.1. The van der Waals surface area contributed by atoms with E-state index in [0.29, 0.717) is 41.1 Å². The molecule has 7 heteroatoms. The zero-order valence-electron chi connectivity index (χ0n) is 18.9. The molecule has 0 radical (unpaired) electrons. The molecule has 4 aromatic rings. The second-order valence-electron chi connectivity index (χ2n) is 8.84. The van der Waals surface area contributed by atoms with Crippen molar-refractivity contribution in [1.82, 2.24) is 9.55 Å². The van der Waals surface area contributed by atoms with Gasteiger partial charge in [-0.2, -0.15) is 0 Å². The monoisotopic (exact) mass is 449 g/mol. The number of nitrogens with two attached hydrogens (primary N) is 1. The molecule has 0 saturated heterocycles. The van der Waals surface area contributed by atoms with Crippen molar-refractivity contribution in [2.75, 3.05) is 17.2 Å². The standard InChI is InChI=1S/C27H23N5O2/c1-15-7-6-10-21-22(15)26(33)32(16(2)29-21)25-27(34)31-12-11-18-13-19(28)14-20(24(18)31)23(30-25)17-8-4-3-5-9-17/h3-10,13-14,25H,11-12,28H2,1-2H3. The van der Waals surface area contributed by atoms with Crippen LogP contribution in [0.5, 0.6) is 0 Å². The van der Waals surface area contributed by atoms with Crippen molar-refractivity contribution in [2.45, 2.75) is 26.4 Å². The van der Waals surface area contributed by atoms with Gasteiger partial charge in [0, 0.05) is 23.4 Å². The first-order valence-electron chi connectivity index (χ1n) is 11.3. The number of amides is 1. The van der Waals surface area contributed by atoms with E-state index in [9.17, 15) is 9.59 Å². The van der Waals surface area contributed by atoms with E-state index in [1.165, 1.54) is 4.57 Å². The van der Waals surface area contributed by atoms with Crippen LogP contribution < -0.4 is 16.2 Å². The van der Waals surface area contributed by atoms with Crippen molar-refractivity contribution < 1.29 is 4.79 Å². The third-order valence-corrected chi connectivity index (χ3v) is 6.69. The summed E-state index contributed by atoms with van der Waals surface area (Å²) in [4.78, 5) is 39.1. The Morgan fingerprint density at radius 2 is 1.79 bits per heavy atom. The predicted molar refractivity (Wildman–Crippen MR) is 134 cm³/mol. The molecule has 34 heavy (non-hydrogen) atoms. The SMILES string of the molecule is Cc1cccc2nc(C)n(C3N=C(c4ccccc4)c4cc(N)cc5c4N(CC5)C3=O)c(=O)c12. The first-order valence-corrected chi connectivity index (χ1v) is 11.3. The number of aromatic nitrogens is 2. The van der Waals surface area contributed by atoms with Gasteiger partial charge in [0.2, 0.25) is 6.17 Å². The first kappa shape index (κ1) is 20.4. The van der Waals surface area contributed by atoms with E-state index < -0.39 is 6.17 Å². The maximum atomic E-state index is 14.0.